The molecule has 160 valence electrons. The third-order valence-electron chi connectivity index (χ3n) is 5.36. The number of methoxy groups -OCH3 is 3. The van der Waals surface area contributed by atoms with Crippen molar-refractivity contribution in [3.63, 3.8) is 0 Å². The van der Waals surface area contributed by atoms with E-state index in [1.54, 1.807) is 34.1 Å². The van der Waals surface area contributed by atoms with Crippen molar-refractivity contribution in [3.8, 4) is 11.5 Å². The molecule has 0 bridgehead atoms. The Bertz CT molecular complexity index is 664. The molecule has 28 heavy (non-hydrogen) atoms. The SMILES string of the molecule is COc1cc(CO[Si](C)(C)C(C)(C)C)c([C@H](C=O)OC(C)(C)OC)c(OC)c1. The van der Waals surface area contributed by atoms with Crippen molar-refractivity contribution in [3.05, 3.63) is 23.3 Å². The maximum atomic E-state index is 11.9. The first-order chi connectivity index (χ1) is 12.8. The minimum Gasteiger partial charge on any atom is -0.497 e. The smallest absolute Gasteiger partial charge is 0.192 e. The highest BCUT2D eigenvalue weighted by atomic mass is 28.4. The second-order valence-electron chi connectivity index (χ2n) is 8.73. The van der Waals surface area contributed by atoms with Gasteiger partial charge in [0.1, 0.15) is 17.6 Å². The topological polar surface area (TPSA) is 63.2 Å². The van der Waals surface area contributed by atoms with Gasteiger partial charge in [0.05, 0.1) is 20.8 Å². The fraction of sp³-hybridized carbons (Fsp3) is 0.667. The second kappa shape index (κ2) is 9.39. The molecule has 0 saturated carbocycles. The minimum absolute atomic E-state index is 0.0642. The van der Waals surface area contributed by atoms with Crippen LogP contribution in [0.3, 0.4) is 0 Å². The van der Waals surface area contributed by atoms with Gasteiger partial charge in [0.2, 0.25) is 0 Å². The summed E-state index contributed by atoms with van der Waals surface area (Å²) >= 11 is 0. The van der Waals surface area contributed by atoms with Crippen LogP contribution in [0.25, 0.3) is 0 Å². The zero-order valence-corrected chi connectivity index (χ0v) is 20.0. The fourth-order valence-corrected chi connectivity index (χ4v) is 3.32. The molecule has 0 unspecified atom stereocenters. The summed E-state index contributed by atoms with van der Waals surface area (Å²) in [5.41, 5.74) is 1.42. The number of hydrogen-bond donors (Lipinski definition) is 0. The van der Waals surface area contributed by atoms with Crippen molar-refractivity contribution >= 4 is 14.6 Å². The first-order valence-electron chi connectivity index (χ1n) is 9.39. The van der Waals surface area contributed by atoms with E-state index in [0.29, 0.717) is 23.7 Å². The van der Waals surface area contributed by atoms with Crippen LogP contribution in [-0.2, 0) is 25.3 Å². The summed E-state index contributed by atoms with van der Waals surface area (Å²) < 4.78 is 28.6. The Balaban J connectivity index is 3.42. The Kier molecular flexibility index (Phi) is 8.26. The number of carbonyl (C=O) groups excluding carboxylic acids is 1. The highest BCUT2D eigenvalue weighted by molar-refractivity contribution is 6.74. The highest BCUT2D eigenvalue weighted by Gasteiger charge is 2.38. The lowest BCUT2D eigenvalue weighted by molar-refractivity contribution is -0.220. The first-order valence-corrected chi connectivity index (χ1v) is 12.3. The quantitative estimate of drug-likeness (QED) is 0.310. The lowest BCUT2D eigenvalue weighted by atomic mass is 10.0. The van der Waals surface area contributed by atoms with Crippen LogP contribution in [0.2, 0.25) is 18.1 Å². The molecule has 0 aliphatic rings. The molecule has 0 fully saturated rings. The van der Waals surface area contributed by atoms with Gasteiger partial charge >= 0.3 is 0 Å². The first kappa shape index (κ1) is 24.6. The molecule has 1 aromatic rings. The molecule has 0 spiro atoms. The molecule has 0 saturated heterocycles. The number of ether oxygens (including phenoxy) is 4. The monoisotopic (exact) mass is 412 g/mol. The standard InChI is InChI=1S/C21H36O6Si/c1-20(2,3)28(9,10)26-14-15-11-16(23-6)12-17(24-7)19(15)18(13-22)27-21(4,5)25-8/h11-13,18H,14H2,1-10H3/t18-/m0/s1. The molecule has 0 amide bonds. The maximum absolute atomic E-state index is 11.9. The summed E-state index contributed by atoms with van der Waals surface area (Å²) in [6, 6.07) is 3.61. The van der Waals surface area contributed by atoms with Gasteiger partial charge in [0, 0.05) is 18.7 Å². The normalized spacial score (nSPS) is 13.9. The fourth-order valence-electron chi connectivity index (χ4n) is 2.37. The average Bonchev–Trinajstić information content (AvgIpc) is 2.62. The third kappa shape index (κ3) is 6.04. The Hall–Kier alpha value is -1.41. The molecule has 1 atom stereocenters. The Morgan fingerprint density at radius 1 is 1.04 bits per heavy atom. The molecular weight excluding hydrogens is 376 g/mol. The lowest BCUT2D eigenvalue weighted by Crippen LogP contribution is -2.40. The molecule has 6 nitrogen and oxygen atoms in total. The van der Waals surface area contributed by atoms with Crippen LogP contribution in [0.4, 0.5) is 0 Å². The maximum Gasteiger partial charge on any atom is 0.192 e. The Labute approximate surface area is 170 Å². The molecular formula is C21H36O6Si. The van der Waals surface area contributed by atoms with E-state index in [0.717, 1.165) is 11.8 Å². The average molecular weight is 413 g/mol. The summed E-state index contributed by atoms with van der Waals surface area (Å²) in [5, 5.41) is 0.0642. The summed E-state index contributed by atoms with van der Waals surface area (Å²) in [4.78, 5) is 11.9. The van der Waals surface area contributed by atoms with Gasteiger partial charge in [-0.25, -0.2) is 0 Å². The summed E-state index contributed by atoms with van der Waals surface area (Å²) in [6.07, 6.45) is -0.116. The van der Waals surface area contributed by atoms with Gasteiger partial charge in [-0.15, -0.1) is 0 Å². The van der Waals surface area contributed by atoms with Gasteiger partial charge in [0.25, 0.3) is 0 Å². The highest BCUT2D eigenvalue weighted by Crippen LogP contribution is 2.40. The molecule has 0 aromatic heterocycles. The molecule has 1 rings (SSSR count). The van der Waals surface area contributed by atoms with Crippen LogP contribution in [0.5, 0.6) is 11.5 Å². The van der Waals surface area contributed by atoms with E-state index >= 15 is 0 Å². The van der Waals surface area contributed by atoms with Crippen LogP contribution in [0, 0.1) is 0 Å². The van der Waals surface area contributed by atoms with Gasteiger partial charge in [-0.3, -0.25) is 0 Å². The van der Waals surface area contributed by atoms with Gasteiger partial charge < -0.3 is 28.2 Å². The van der Waals surface area contributed by atoms with E-state index in [-0.39, 0.29) is 5.04 Å². The van der Waals surface area contributed by atoms with E-state index in [2.05, 4.69) is 33.9 Å². The van der Waals surface area contributed by atoms with Crippen molar-refractivity contribution in [2.45, 2.75) is 71.2 Å². The van der Waals surface area contributed by atoms with Gasteiger partial charge in [0.15, 0.2) is 20.4 Å². The largest absolute Gasteiger partial charge is 0.497 e. The van der Waals surface area contributed by atoms with Crippen molar-refractivity contribution in [2.24, 2.45) is 0 Å². The van der Waals surface area contributed by atoms with E-state index in [9.17, 15) is 4.79 Å². The molecule has 0 N–H and O–H groups in total. The van der Waals surface area contributed by atoms with Crippen molar-refractivity contribution in [1.82, 2.24) is 0 Å². The number of benzene rings is 1. The van der Waals surface area contributed by atoms with Crippen LogP contribution in [-0.4, -0.2) is 41.7 Å². The van der Waals surface area contributed by atoms with Gasteiger partial charge in [-0.05, 0) is 43.6 Å². The predicted octanol–water partition coefficient (Wildman–Crippen LogP) is 4.86. The predicted molar refractivity (Wildman–Crippen MR) is 113 cm³/mol. The second-order valence-corrected chi connectivity index (χ2v) is 13.5. The molecule has 0 heterocycles. The molecule has 0 radical (unpaired) electrons. The number of hydrogen-bond acceptors (Lipinski definition) is 6. The number of carbonyl (C=O) groups is 1. The third-order valence-corrected chi connectivity index (χ3v) is 9.84. The van der Waals surface area contributed by atoms with E-state index in [1.165, 1.54) is 7.11 Å². The molecule has 0 aliphatic carbocycles. The molecule has 7 heteroatoms. The zero-order chi connectivity index (χ0) is 21.8. The van der Waals surface area contributed by atoms with Gasteiger partial charge in [-0.1, -0.05) is 20.8 Å². The lowest BCUT2D eigenvalue weighted by Gasteiger charge is -2.36. The van der Waals surface area contributed by atoms with Gasteiger partial charge in [-0.2, -0.15) is 0 Å². The summed E-state index contributed by atoms with van der Waals surface area (Å²) in [7, 11) is 2.68. The van der Waals surface area contributed by atoms with E-state index in [4.69, 9.17) is 23.4 Å². The van der Waals surface area contributed by atoms with Crippen molar-refractivity contribution < 1.29 is 28.2 Å². The Morgan fingerprint density at radius 2 is 1.64 bits per heavy atom. The minimum atomic E-state index is -2.00. The number of aldehydes is 1. The Morgan fingerprint density at radius 3 is 2.07 bits per heavy atom. The summed E-state index contributed by atoms with van der Waals surface area (Å²) in [6.45, 7) is 14.8. The van der Waals surface area contributed by atoms with Crippen LogP contribution < -0.4 is 9.47 Å². The number of rotatable bonds is 10. The molecule has 0 aliphatic heterocycles. The van der Waals surface area contributed by atoms with Crippen molar-refractivity contribution in [1.29, 1.82) is 0 Å². The van der Waals surface area contributed by atoms with Crippen LogP contribution >= 0.6 is 0 Å². The van der Waals surface area contributed by atoms with Crippen molar-refractivity contribution in [2.75, 3.05) is 21.3 Å². The van der Waals surface area contributed by atoms with Crippen LogP contribution in [0.15, 0.2) is 12.1 Å². The zero-order valence-electron chi connectivity index (χ0n) is 19.0. The van der Waals surface area contributed by atoms with Crippen LogP contribution in [0.1, 0.15) is 51.8 Å². The molecule has 1 aromatic carbocycles. The van der Waals surface area contributed by atoms with E-state index < -0.39 is 20.2 Å². The summed E-state index contributed by atoms with van der Waals surface area (Å²) in [5.74, 6) is 0.205. The van der Waals surface area contributed by atoms with E-state index in [1.807, 2.05) is 6.07 Å².